The van der Waals surface area contributed by atoms with Crippen LogP contribution in [0, 0.1) is 0 Å². The third-order valence-corrected chi connectivity index (χ3v) is 6.84. The van der Waals surface area contributed by atoms with E-state index in [-0.39, 0.29) is 22.7 Å². The summed E-state index contributed by atoms with van der Waals surface area (Å²) in [6.07, 6.45) is -5.65. The van der Waals surface area contributed by atoms with Crippen molar-refractivity contribution in [3.63, 3.8) is 0 Å². The normalized spacial score (nSPS) is 18.1. The third-order valence-electron chi connectivity index (χ3n) is 4.78. The van der Waals surface area contributed by atoms with Gasteiger partial charge in [-0.05, 0) is 35.9 Å². The SMILES string of the molecule is N[C@H]1CS(=O)(=O)c2ccc(C(=O)NCCC(F)(F)F)cc2N(Cc2ccc(Cl)cc2)C1=O. The number of hydrogen-bond donors (Lipinski definition) is 2. The van der Waals surface area contributed by atoms with Gasteiger partial charge in [0, 0.05) is 17.1 Å². The highest BCUT2D eigenvalue weighted by Gasteiger charge is 2.36. The van der Waals surface area contributed by atoms with Crippen LogP contribution in [0.1, 0.15) is 22.3 Å². The first-order valence-corrected chi connectivity index (χ1v) is 11.4. The lowest BCUT2D eigenvalue weighted by Crippen LogP contribution is -2.45. The predicted molar refractivity (Wildman–Crippen MR) is 112 cm³/mol. The number of nitrogens with one attached hydrogen (secondary N) is 1. The molecule has 1 aliphatic rings. The van der Waals surface area contributed by atoms with Gasteiger partial charge in [-0.2, -0.15) is 13.2 Å². The third kappa shape index (κ3) is 5.59. The molecular formula is C20H19ClF3N3O4S. The number of amides is 2. The molecule has 0 aliphatic carbocycles. The summed E-state index contributed by atoms with van der Waals surface area (Å²) in [7, 11) is -3.96. The molecule has 1 heterocycles. The lowest BCUT2D eigenvalue weighted by Gasteiger charge is -2.24. The number of nitrogens with zero attached hydrogens (tertiary/aromatic N) is 1. The van der Waals surface area contributed by atoms with Gasteiger partial charge in [0.1, 0.15) is 0 Å². The molecule has 2 aromatic carbocycles. The van der Waals surface area contributed by atoms with Gasteiger partial charge >= 0.3 is 6.18 Å². The summed E-state index contributed by atoms with van der Waals surface area (Å²) in [5, 5.41) is 2.60. The Hall–Kier alpha value is -2.63. The highest BCUT2D eigenvalue weighted by Crippen LogP contribution is 2.32. The molecule has 3 N–H and O–H groups in total. The van der Waals surface area contributed by atoms with Gasteiger partial charge in [0.25, 0.3) is 5.91 Å². The van der Waals surface area contributed by atoms with Gasteiger partial charge in [0.2, 0.25) is 5.91 Å². The minimum Gasteiger partial charge on any atom is -0.352 e. The number of hydrogen-bond acceptors (Lipinski definition) is 5. The summed E-state index contributed by atoms with van der Waals surface area (Å²) in [6.45, 7) is -0.693. The molecular weight excluding hydrogens is 471 g/mol. The zero-order valence-electron chi connectivity index (χ0n) is 16.5. The Morgan fingerprint density at radius 3 is 2.47 bits per heavy atom. The molecule has 0 aromatic heterocycles. The maximum absolute atomic E-state index is 12.9. The highest BCUT2D eigenvalue weighted by atomic mass is 35.5. The number of carbonyl (C=O) groups excluding carboxylic acids is 2. The van der Waals surface area contributed by atoms with Crippen LogP contribution in [0.15, 0.2) is 47.4 Å². The molecule has 0 saturated carbocycles. The lowest BCUT2D eigenvalue weighted by molar-refractivity contribution is -0.133. The molecule has 1 atom stereocenters. The molecule has 1 aliphatic heterocycles. The zero-order valence-corrected chi connectivity index (χ0v) is 18.1. The summed E-state index contributed by atoms with van der Waals surface area (Å²) >= 11 is 5.88. The fourth-order valence-corrected chi connectivity index (χ4v) is 4.89. The topological polar surface area (TPSA) is 110 Å². The van der Waals surface area contributed by atoms with Crippen LogP contribution in [-0.4, -0.2) is 44.7 Å². The van der Waals surface area contributed by atoms with Gasteiger partial charge in [0.05, 0.1) is 35.3 Å². The maximum Gasteiger partial charge on any atom is 0.390 e. The molecule has 172 valence electrons. The van der Waals surface area contributed by atoms with Crippen LogP contribution >= 0.6 is 11.6 Å². The quantitative estimate of drug-likeness (QED) is 0.671. The monoisotopic (exact) mass is 489 g/mol. The van der Waals surface area contributed by atoms with Crippen LogP contribution in [0.5, 0.6) is 0 Å². The number of benzene rings is 2. The standard InChI is InChI=1S/C20H19ClF3N3O4S/c21-14-4-1-12(2-5-14)10-27-16-9-13(18(28)26-8-7-20(22,23)24)3-6-17(16)32(30,31)11-15(25)19(27)29/h1-6,9,15H,7-8,10-11,25H2,(H,26,28)/t15-/m0/s1. The summed E-state index contributed by atoms with van der Waals surface area (Å²) in [5.41, 5.74) is 6.29. The van der Waals surface area contributed by atoms with Gasteiger partial charge in [-0.25, -0.2) is 8.42 Å². The number of sulfone groups is 1. The first-order chi connectivity index (χ1) is 14.9. The highest BCUT2D eigenvalue weighted by molar-refractivity contribution is 7.91. The molecule has 0 fully saturated rings. The van der Waals surface area contributed by atoms with E-state index in [0.29, 0.717) is 10.6 Å². The van der Waals surface area contributed by atoms with E-state index < -0.39 is 52.6 Å². The first-order valence-electron chi connectivity index (χ1n) is 9.40. The minimum atomic E-state index is -4.44. The van der Waals surface area contributed by atoms with Gasteiger partial charge < -0.3 is 16.0 Å². The van der Waals surface area contributed by atoms with Crippen molar-refractivity contribution in [1.29, 1.82) is 0 Å². The molecule has 0 radical (unpaired) electrons. The Morgan fingerprint density at radius 2 is 1.84 bits per heavy atom. The van der Waals surface area contributed by atoms with E-state index in [1.54, 1.807) is 24.3 Å². The summed E-state index contributed by atoms with van der Waals surface area (Å²) in [6, 6.07) is 8.67. The van der Waals surface area contributed by atoms with E-state index >= 15 is 0 Å². The second-order valence-electron chi connectivity index (χ2n) is 7.24. The van der Waals surface area contributed by atoms with Gasteiger partial charge in [-0.1, -0.05) is 23.7 Å². The summed E-state index contributed by atoms with van der Waals surface area (Å²) in [5.74, 6) is -2.12. The number of alkyl halides is 3. The predicted octanol–water partition coefficient (Wildman–Crippen LogP) is 2.67. The van der Waals surface area contributed by atoms with Crippen molar-refractivity contribution >= 4 is 38.9 Å². The lowest BCUT2D eigenvalue weighted by atomic mass is 10.1. The van der Waals surface area contributed by atoms with Crippen molar-refractivity contribution in [2.24, 2.45) is 5.73 Å². The first kappa shape index (κ1) is 24.0. The van der Waals surface area contributed by atoms with Crippen LogP contribution in [-0.2, 0) is 21.2 Å². The number of fused-ring (bicyclic) bond motifs is 1. The second-order valence-corrected chi connectivity index (χ2v) is 9.68. The average Bonchev–Trinajstić information content (AvgIpc) is 2.77. The number of rotatable bonds is 5. The van der Waals surface area contributed by atoms with Crippen LogP contribution in [0.25, 0.3) is 0 Å². The number of halogens is 4. The van der Waals surface area contributed by atoms with E-state index in [1.807, 2.05) is 0 Å². The minimum absolute atomic E-state index is 0.0502. The fourth-order valence-electron chi connectivity index (χ4n) is 3.20. The Bertz CT molecular complexity index is 1140. The van der Waals surface area contributed by atoms with E-state index in [0.717, 1.165) is 11.0 Å². The smallest absolute Gasteiger partial charge is 0.352 e. The molecule has 32 heavy (non-hydrogen) atoms. The largest absolute Gasteiger partial charge is 0.390 e. The van der Waals surface area contributed by atoms with Gasteiger partial charge in [0.15, 0.2) is 9.84 Å². The van der Waals surface area contributed by atoms with Crippen LogP contribution in [0.4, 0.5) is 18.9 Å². The number of carbonyl (C=O) groups is 2. The molecule has 12 heteroatoms. The van der Waals surface area contributed by atoms with E-state index in [1.165, 1.54) is 12.1 Å². The molecule has 7 nitrogen and oxygen atoms in total. The van der Waals surface area contributed by atoms with Crippen LogP contribution < -0.4 is 16.0 Å². The zero-order chi connectivity index (χ0) is 23.7. The molecule has 0 saturated heterocycles. The van der Waals surface area contributed by atoms with Crippen molar-refractivity contribution < 1.29 is 31.2 Å². The van der Waals surface area contributed by atoms with E-state index in [2.05, 4.69) is 5.32 Å². The molecule has 2 amide bonds. The van der Waals surface area contributed by atoms with Gasteiger partial charge in [-0.15, -0.1) is 0 Å². The maximum atomic E-state index is 12.9. The van der Waals surface area contributed by atoms with Crippen molar-refractivity contribution in [2.45, 2.75) is 30.1 Å². The molecule has 0 spiro atoms. The Labute approximate surface area is 187 Å². The fraction of sp³-hybridized carbons (Fsp3) is 0.300. The summed E-state index contributed by atoms with van der Waals surface area (Å²) < 4.78 is 62.5. The molecule has 2 aromatic rings. The van der Waals surface area contributed by atoms with E-state index in [9.17, 15) is 31.2 Å². The van der Waals surface area contributed by atoms with Crippen LogP contribution in [0.2, 0.25) is 5.02 Å². The van der Waals surface area contributed by atoms with Gasteiger partial charge in [-0.3, -0.25) is 9.59 Å². The Kier molecular flexibility index (Phi) is 6.82. The van der Waals surface area contributed by atoms with Crippen molar-refractivity contribution in [2.75, 3.05) is 17.2 Å². The molecule has 0 bridgehead atoms. The number of nitrogens with two attached hydrogens (primary N) is 1. The van der Waals surface area contributed by atoms with Crippen molar-refractivity contribution in [3.8, 4) is 0 Å². The Balaban J connectivity index is 1.99. The van der Waals surface area contributed by atoms with Crippen molar-refractivity contribution in [1.82, 2.24) is 5.32 Å². The molecule has 0 unspecified atom stereocenters. The molecule has 3 rings (SSSR count). The van der Waals surface area contributed by atoms with Crippen LogP contribution in [0.3, 0.4) is 0 Å². The second kappa shape index (κ2) is 9.08. The average molecular weight is 490 g/mol. The Morgan fingerprint density at radius 1 is 1.19 bits per heavy atom. The van der Waals surface area contributed by atoms with Crippen molar-refractivity contribution in [3.05, 3.63) is 58.6 Å². The summed E-state index contributed by atoms with van der Waals surface area (Å²) in [4.78, 5) is 26.2. The number of anilines is 1. The van der Waals surface area contributed by atoms with E-state index in [4.69, 9.17) is 17.3 Å².